The SMILES string of the molecule is CCCCCCCCCCCCCCCCCCC(CCCCC(=O)O)OC(=O)CCCCCCCCCCCCCCCC. The molecule has 0 amide bonds. The van der Waals surface area contributed by atoms with Crippen molar-refractivity contribution in [3.8, 4) is 0 Å². The molecule has 0 aromatic heterocycles. The summed E-state index contributed by atoms with van der Waals surface area (Å²) in [5, 5.41) is 8.95. The Bertz CT molecular complexity index is 604. The fourth-order valence-electron chi connectivity index (χ4n) is 6.54. The van der Waals surface area contributed by atoms with Crippen LogP contribution in [0.15, 0.2) is 0 Å². The van der Waals surface area contributed by atoms with Crippen LogP contribution in [0.1, 0.15) is 245 Å². The highest BCUT2D eigenvalue weighted by Crippen LogP contribution is 2.19. The highest BCUT2D eigenvalue weighted by atomic mass is 16.5. The van der Waals surface area contributed by atoms with Gasteiger partial charge in [0, 0.05) is 12.8 Å². The van der Waals surface area contributed by atoms with Crippen LogP contribution in [0.25, 0.3) is 0 Å². The first-order chi connectivity index (χ1) is 22.1. The lowest BCUT2D eigenvalue weighted by Gasteiger charge is -2.18. The second kappa shape index (κ2) is 37.4. The number of hydrogen-bond donors (Lipinski definition) is 1. The third-order valence-electron chi connectivity index (χ3n) is 9.58. The molecular formula is C41H80O4. The topological polar surface area (TPSA) is 63.6 Å². The quantitative estimate of drug-likeness (QED) is 0.0541. The van der Waals surface area contributed by atoms with E-state index in [9.17, 15) is 9.59 Å². The molecular weight excluding hydrogens is 556 g/mol. The maximum atomic E-state index is 12.6. The van der Waals surface area contributed by atoms with Crippen LogP contribution in [-0.2, 0) is 14.3 Å². The van der Waals surface area contributed by atoms with Crippen LogP contribution in [0.2, 0.25) is 0 Å². The fourth-order valence-corrected chi connectivity index (χ4v) is 6.54. The minimum Gasteiger partial charge on any atom is -0.481 e. The normalized spacial score (nSPS) is 12.0. The van der Waals surface area contributed by atoms with Gasteiger partial charge in [0.25, 0.3) is 0 Å². The Labute approximate surface area is 282 Å². The summed E-state index contributed by atoms with van der Waals surface area (Å²) in [6, 6.07) is 0. The van der Waals surface area contributed by atoms with Crippen molar-refractivity contribution in [1.29, 1.82) is 0 Å². The first kappa shape index (κ1) is 43.9. The van der Waals surface area contributed by atoms with Crippen molar-refractivity contribution in [1.82, 2.24) is 0 Å². The highest BCUT2D eigenvalue weighted by Gasteiger charge is 2.14. The first-order valence-electron chi connectivity index (χ1n) is 20.5. The monoisotopic (exact) mass is 637 g/mol. The molecule has 4 nitrogen and oxygen atoms in total. The number of carbonyl (C=O) groups excluding carboxylic acids is 1. The number of carbonyl (C=O) groups is 2. The summed E-state index contributed by atoms with van der Waals surface area (Å²) in [5.41, 5.74) is 0. The van der Waals surface area contributed by atoms with Crippen LogP contribution < -0.4 is 0 Å². The van der Waals surface area contributed by atoms with E-state index in [1.165, 1.54) is 173 Å². The van der Waals surface area contributed by atoms with Crippen molar-refractivity contribution in [2.24, 2.45) is 0 Å². The fraction of sp³-hybridized carbons (Fsp3) is 0.951. The summed E-state index contributed by atoms with van der Waals surface area (Å²) in [4.78, 5) is 23.5. The van der Waals surface area contributed by atoms with E-state index in [1.807, 2.05) is 0 Å². The van der Waals surface area contributed by atoms with E-state index in [0.29, 0.717) is 12.8 Å². The molecule has 1 atom stereocenters. The molecule has 45 heavy (non-hydrogen) atoms. The summed E-state index contributed by atoms with van der Waals surface area (Å²) >= 11 is 0. The largest absolute Gasteiger partial charge is 0.481 e. The van der Waals surface area contributed by atoms with E-state index in [-0.39, 0.29) is 18.5 Å². The molecule has 0 rings (SSSR count). The van der Waals surface area contributed by atoms with E-state index < -0.39 is 5.97 Å². The summed E-state index contributed by atoms with van der Waals surface area (Å²) in [6.07, 6.45) is 44.1. The van der Waals surface area contributed by atoms with Crippen LogP contribution >= 0.6 is 0 Å². The maximum Gasteiger partial charge on any atom is 0.306 e. The Kier molecular flexibility index (Phi) is 36.5. The Hall–Kier alpha value is -1.06. The number of aliphatic carboxylic acids is 1. The van der Waals surface area contributed by atoms with Gasteiger partial charge >= 0.3 is 11.9 Å². The predicted octanol–water partition coefficient (Wildman–Crippen LogP) is 14.1. The minimum absolute atomic E-state index is 0.0374. The van der Waals surface area contributed by atoms with Gasteiger partial charge in [-0.05, 0) is 38.5 Å². The molecule has 0 saturated carbocycles. The van der Waals surface area contributed by atoms with E-state index in [0.717, 1.165) is 38.5 Å². The second-order valence-electron chi connectivity index (χ2n) is 14.2. The zero-order valence-electron chi connectivity index (χ0n) is 30.7. The molecule has 0 aliphatic carbocycles. The molecule has 0 spiro atoms. The van der Waals surface area contributed by atoms with Crippen molar-refractivity contribution in [2.75, 3.05) is 0 Å². The third-order valence-corrected chi connectivity index (χ3v) is 9.58. The van der Waals surface area contributed by atoms with Crippen molar-refractivity contribution in [3.05, 3.63) is 0 Å². The zero-order chi connectivity index (χ0) is 32.9. The molecule has 0 aliphatic heterocycles. The number of hydrogen-bond acceptors (Lipinski definition) is 3. The summed E-state index contributed by atoms with van der Waals surface area (Å²) < 4.78 is 5.91. The van der Waals surface area contributed by atoms with Crippen molar-refractivity contribution in [2.45, 2.75) is 251 Å². The summed E-state index contributed by atoms with van der Waals surface area (Å²) in [5.74, 6) is -0.784. The Morgan fingerprint density at radius 3 is 1.00 bits per heavy atom. The van der Waals surface area contributed by atoms with Crippen LogP contribution in [-0.4, -0.2) is 23.1 Å². The smallest absolute Gasteiger partial charge is 0.306 e. The molecule has 268 valence electrons. The lowest BCUT2D eigenvalue weighted by molar-refractivity contribution is -0.150. The molecule has 0 bridgehead atoms. The van der Waals surface area contributed by atoms with Crippen LogP contribution in [0.4, 0.5) is 0 Å². The third kappa shape index (κ3) is 37.3. The molecule has 0 saturated heterocycles. The minimum atomic E-state index is -0.737. The van der Waals surface area contributed by atoms with Gasteiger partial charge in [-0.3, -0.25) is 9.59 Å². The molecule has 1 N–H and O–H groups in total. The standard InChI is InChI=1S/C41H80O4/c1-3-5-7-9-11-13-15-17-19-20-21-23-25-27-29-31-35-39(36-33-34-37-40(42)43)45-41(44)38-32-30-28-26-24-22-18-16-14-12-10-8-6-4-2/h39H,3-38H2,1-2H3,(H,42,43). The molecule has 0 aromatic carbocycles. The van der Waals surface area contributed by atoms with Gasteiger partial charge in [0.05, 0.1) is 0 Å². The number of rotatable bonds is 38. The molecule has 4 heteroatoms. The van der Waals surface area contributed by atoms with Gasteiger partial charge in [0.2, 0.25) is 0 Å². The highest BCUT2D eigenvalue weighted by molar-refractivity contribution is 5.69. The Morgan fingerprint density at radius 1 is 0.400 bits per heavy atom. The number of carboxylic acids is 1. The van der Waals surface area contributed by atoms with E-state index in [2.05, 4.69) is 13.8 Å². The van der Waals surface area contributed by atoms with Gasteiger partial charge in [-0.25, -0.2) is 0 Å². The average Bonchev–Trinajstić information content (AvgIpc) is 3.02. The van der Waals surface area contributed by atoms with Crippen molar-refractivity contribution in [3.63, 3.8) is 0 Å². The number of carboxylic acid groups (broad SMARTS) is 1. The Balaban J connectivity index is 3.82. The Morgan fingerprint density at radius 2 is 0.667 bits per heavy atom. The molecule has 0 fully saturated rings. The van der Waals surface area contributed by atoms with Gasteiger partial charge in [-0.1, -0.05) is 194 Å². The number of unbranched alkanes of at least 4 members (excludes halogenated alkanes) is 29. The molecule has 0 aliphatic rings. The molecule has 0 aromatic rings. The van der Waals surface area contributed by atoms with Gasteiger partial charge in [0.15, 0.2) is 0 Å². The number of esters is 1. The van der Waals surface area contributed by atoms with E-state index >= 15 is 0 Å². The van der Waals surface area contributed by atoms with Crippen molar-refractivity contribution < 1.29 is 19.4 Å². The molecule has 0 radical (unpaired) electrons. The van der Waals surface area contributed by atoms with Gasteiger partial charge in [-0.15, -0.1) is 0 Å². The van der Waals surface area contributed by atoms with E-state index in [4.69, 9.17) is 9.84 Å². The molecule has 1 unspecified atom stereocenters. The summed E-state index contributed by atoms with van der Waals surface area (Å²) in [6.45, 7) is 4.56. The zero-order valence-corrected chi connectivity index (χ0v) is 30.7. The summed E-state index contributed by atoms with van der Waals surface area (Å²) in [7, 11) is 0. The van der Waals surface area contributed by atoms with Crippen LogP contribution in [0.3, 0.4) is 0 Å². The van der Waals surface area contributed by atoms with Crippen molar-refractivity contribution >= 4 is 11.9 Å². The van der Waals surface area contributed by atoms with E-state index in [1.54, 1.807) is 0 Å². The maximum absolute atomic E-state index is 12.6. The second-order valence-corrected chi connectivity index (χ2v) is 14.2. The molecule has 0 heterocycles. The van der Waals surface area contributed by atoms with Crippen LogP contribution in [0.5, 0.6) is 0 Å². The first-order valence-corrected chi connectivity index (χ1v) is 20.5. The van der Waals surface area contributed by atoms with Gasteiger partial charge in [-0.2, -0.15) is 0 Å². The average molecular weight is 637 g/mol. The van der Waals surface area contributed by atoms with Gasteiger partial charge < -0.3 is 9.84 Å². The van der Waals surface area contributed by atoms with Gasteiger partial charge in [0.1, 0.15) is 6.10 Å². The lowest BCUT2D eigenvalue weighted by Crippen LogP contribution is -2.18. The predicted molar refractivity (Wildman–Crippen MR) is 195 cm³/mol. The van der Waals surface area contributed by atoms with Crippen LogP contribution in [0, 0.1) is 0 Å². The number of ether oxygens (including phenoxy) is 1. The lowest BCUT2D eigenvalue weighted by atomic mass is 10.0.